The number of ether oxygens (including phenoxy) is 3. The molecule has 1 saturated heterocycles. The van der Waals surface area contributed by atoms with Crippen molar-refractivity contribution >= 4 is 12.0 Å². The average Bonchev–Trinajstić information content (AvgIpc) is 3.02. The minimum absolute atomic E-state index is 0.210. The number of nitrogens with one attached hydrogen (secondary N) is 1. The van der Waals surface area contributed by atoms with Crippen LogP contribution >= 0.6 is 0 Å². The second-order valence-corrected chi connectivity index (χ2v) is 6.17. The molecule has 0 radical (unpaired) electrons. The topological polar surface area (TPSA) is 97.3 Å². The fourth-order valence-electron chi connectivity index (χ4n) is 2.61. The van der Waals surface area contributed by atoms with E-state index in [4.69, 9.17) is 14.2 Å². The molecule has 0 saturated carbocycles. The number of methoxy groups -OCH3 is 2. The lowest BCUT2D eigenvalue weighted by Crippen LogP contribution is -2.42. The quantitative estimate of drug-likeness (QED) is 0.723. The number of carbonyl (C=O) groups is 2. The highest BCUT2D eigenvalue weighted by Crippen LogP contribution is 2.30. The summed E-state index contributed by atoms with van der Waals surface area (Å²) in [4.78, 5) is 24.8. The number of benzene rings is 1. The lowest BCUT2D eigenvalue weighted by Gasteiger charge is -2.20. The Kier molecular flexibility index (Phi) is 5.95. The van der Waals surface area contributed by atoms with Gasteiger partial charge in [0.2, 0.25) is 0 Å². The zero-order valence-corrected chi connectivity index (χ0v) is 14.7. The highest BCUT2D eigenvalue weighted by atomic mass is 16.5. The summed E-state index contributed by atoms with van der Waals surface area (Å²) in [7, 11) is 3.11. The first-order valence-electron chi connectivity index (χ1n) is 8.00. The third-order valence-electron chi connectivity index (χ3n) is 4.25. The van der Waals surface area contributed by atoms with E-state index in [-0.39, 0.29) is 19.2 Å². The van der Waals surface area contributed by atoms with Crippen molar-refractivity contribution in [3.8, 4) is 17.2 Å². The van der Waals surface area contributed by atoms with Crippen LogP contribution in [0.25, 0.3) is 0 Å². The summed E-state index contributed by atoms with van der Waals surface area (Å²) in [5.41, 5.74) is -0.870. The normalized spacial score (nSPS) is 19.4. The van der Waals surface area contributed by atoms with Gasteiger partial charge < -0.3 is 29.5 Å². The number of hydrogen-bond donors (Lipinski definition) is 2. The van der Waals surface area contributed by atoms with Crippen LogP contribution < -0.4 is 19.5 Å². The molecule has 2 amide bonds. The largest absolute Gasteiger partial charge is 0.496 e. The minimum atomic E-state index is -0.877. The molecule has 1 aliphatic heterocycles. The molecule has 0 aromatic heterocycles. The molecule has 0 bridgehead atoms. The van der Waals surface area contributed by atoms with Crippen molar-refractivity contribution in [2.45, 2.75) is 13.3 Å². The van der Waals surface area contributed by atoms with Crippen molar-refractivity contribution in [3.05, 3.63) is 18.2 Å². The average molecular weight is 352 g/mol. The molecule has 138 valence electrons. The maximum absolute atomic E-state index is 12.1. The molecule has 1 fully saturated rings. The van der Waals surface area contributed by atoms with Crippen LogP contribution in [-0.4, -0.2) is 62.5 Å². The fraction of sp³-hybridized carbons (Fsp3) is 0.529. The van der Waals surface area contributed by atoms with Gasteiger partial charge in [-0.25, -0.2) is 4.79 Å². The SMILES string of the molecule is COc1cc(OC)cc(OCCNC(=O)N2CCC(C)(C(=O)O)C2)c1. The highest BCUT2D eigenvalue weighted by molar-refractivity contribution is 5.79. The van der Waals surface area contributed by atoms with Crippen LogP contribution in [0, 0.1) is 5.41 Å². The van der Waals surface area contributed by atoms with Crippen molar-refractivity contribution in [1.82, 2.24) is 10.2 Å². The molecule has 8 heteroatoms. The lowest BCUT2D eigenvalue weighted by molar-refractivity contribution is -0.147. The molecule has 1 aliphatic rings. The molecular weight excluding hydrogens is 328 g/mol. The molecule has 2 rings (SSSR count). The first-order chi connectivity index (χ1) is 11.9. The predicted octanol–water partition coefficient (Wildman–Crippen LogP) is 1.59. The van der Waals surface area contributed by atoms with Crippen LogP contribution in [-0.2, 0) is 4.79 Å². The van der Waals surface area contributed by atoms with E-state index >= 15 is 0 Å². The Morgan fingerprint density at radius 1 is 1.20 bits per heavy atom. The van der Waals surface area contributed by atoms with Crippen molar-refractivity contribution in [3.63, 3.8) is 0 Å². The third-order valence-corrected chi connectivity index (χ3v) is 4.25. The molecular formula is C17H24N2O6. The number of nitrogens with zero attached hydrogens (tertiary/aromatic N) is 1. The Morgan fingerprint density at radius 2 is 1.80 bits per heavy atom. The van der Waals surface area contributed by atoms with Gasteiger partial charge in [0.1, 0.15) is 23.9 Å². The lowest BCUT2D eigenvalue weighted by atomic mass is 9.90. The molecule has 1 unspecified atom stereocenters. The number of carboxylic acids is 1. The van der Waals surface area contributed by atoms with Gasteiger partial charge in [-0.2, -0.15) is 0 Å². The molecule has 1 aromatic carbocycles. The van der Waals surface area contributed by atoms with Crippen LogP contribution in [0.5, 0.6) is 17.2 Å². The Labute approximate surface area is 146 Å². The molecule has 2 N–H and O–H groups in total. The zero-order valence-electron chi connectivity index (χ0n) is 14.7. The maximum atomic E-state index is 12.1. The first kappa shape index (κ1) is 18.7. The predicted molar refractivity (Wildman–Crippen MR) is 90.4 cm³/mol. The first-order valence-corrected chi connectivity index (χ1v) is 8.00. The van der Waals surface area contributed by atoms with Gasteiger partial charge in [-0.15, -0.1) is 0 Å². The van der Waals surface area contributed by atoms with Gasteiger partial charge in [0.05, 0.1) is 26.2 Å². The Bertz CT molecular complexity index is 613. The van der Waals surface area contributed by atoms with E-state index in [1.54, 1.807) is 39.3 Å². The van der Waals surface area contributed by atoms with Gasteiger partial charge in [0, 0.05) is 31.3 Å². The maximum Gasteiger partial charge on any atom is 0.317 e. The van der Waals surface area contributed by atoms with E-state index in [0.717, 1.165) is 0 Å². The zero-order chi connectivity index (χ0) is 18.4. The van der Waals surface area contributed by atoms with Gasteiger partial charge >= 0.3 is 12.0 Å². The van der Waals surface area contributed by atoms with E-state index in [0.29, 0.717) is 36.8 Å². The van der Waals surface area contributed by atoms with E-state index in [1.165, 1.54) is 4.90 Å². The molecule has 0 aliphatic carbocycles. The summed E-state index contributed by atoms with van der Waals surface area (Å²) in [6.45, 7) is 2.87. The van der Waals surface area contributed by atoms with Crippen LogP contribution in [0.3, 0.4) is 0 Å². The van der Waals surface area contributed by atoms with E-state index in [1.807, 2.05) is 0 Å². The summed E-state index contributed by atoms with van der Waals surface area (Å²) in [6, 6.07) is 4.91. The number of aliphatic carboxylic acids is 1. The van der Waals surface area contributed by atoms with Gasteiger partial charge in [-0.3, -0.25) is 4.79 Å². The van der Waals surface area contributed by atoms with Crippen LogP contribution in [0.4, 0.5) is 4.79 Å². The molecule has 8 nitrogen and oxygen atoms in total. The number of amides is 2. The van der Waals surface area contributed by atoms with Gasteiger partial charge in [-0.05, 0) is 13.3 Å². The summed E-state index contributed by atoms with van der Waals surface area (Å²) in [6.07, 6.45) is 0.454. The number of carbonyl (C=O) groups excluding carboxylic acids is 1. The molecule has 1 heterocycles. The monoisotopic (exact) mass is 352 g/mol. The standard InChI is InChI=1S/C17H24N2O6/c1-17(15(20)21)4-6-19(11-17)16(22)18-5-7-25-14-9-12(23-2)8-13(10-14)24-3/h8-10H,4-7,11H2,1-3H3,(H,18,22)(H,20,21). The Morgan fingerprint density at radius 3 is 2.32 bits per heavy atom. The molecule has 1 aromatic rings. The number of likely N-dealkylation sites (tertiary alicyclic amines) is 1. The van der Waals surface area contributed by atoms with Gasteiger partial charge in [0.25, 0.3) is 0 Å². The highest BCUT2D eigenvalue weighted by Gasteiger charge is 2.42. The Hall–Kier alpha value is -2.64. The van der Waals surface area contributed by atoms with Crippen LogP contribution in [0.1, 0.15) is 13.3 Å². The number of hydrogen-bond acceptors (Lipinski definition) is 5. The molecule has 1 atom stereocenters. The van der Waals surface area contributed by atoms with Gasteiger partial charge in [-0.1, -0.05) is 0 Å². The summed E-state index contributed by atoms with van der Waals surface area (Å²) < 4.78 is 15.9. The van der Waals surface area contributed by atoms with Crippen molar-refractivity contribution in [2.75, 3.05) is 40.5 Å². The second-order valence-electron chi connectivity index (χ2n) is 6.17. The smallest absolute Gasteiger partial charge is 0.317 e. The number of urea groups is 1. The summed E-state index contributed by atoms with van der Waals surface area (Å²) in [5, 5.41) is 11.9. The minimum Gasteiger partial charge on any atom is -0.496 e. The number of rotatable bonds is 7. The third kappa shape index (κ3) is 4.68. The molecule has 25 heavy (non-hydrogen) atoms. The summed E-state index contributed by atoms with van der Waals surface area (Å²) >= 11 is 0. The second kappa shape index (κ2) is 7.96. The van der Waals surface area contributed by atoms with Crippen molar-refractivity contribution in [2.24, 2.45) is 5.41 Å². The van der Waals surface area contributed by atoms with Gasteiger partial charge in [0.15, 0.2) is 0 Å². The fourth-order valence-corrected chi connectivity index (χ4v) is 2.61. The van der Waals surface area contributed by atoms with Crippen molar-refractivity contribution < 1.29 is 28.9 Å². The van der Waals surface area contributed by atoms with Crippen LogP contribution in [0.2, 0.25) is 0 Å². The molecule has 0 spiro atoms. The summed E-state index contributed by atoms with van der Waals surface area (Å²) in [5.74, 6) is 0.926. The van der Waals surface area contributed by atoms with E-state index < -0.39 is 11.4 Å². The number of carboxylic acid groups (broad SMARTS) is 1. The van der Waals surface area contributed by atoms with E-state index in [2.05, 4.69) is 5.32 Å². The van der Waals surface area contributed by atoms with Crippen LogP contribution in [0.15, 0.2) is 18.2 Å². The van der Waals surface area contributed by atoms with E-state index in [9.17, 15) is 14.7 Å². The van der Waals surface area contributed by atoms with Crippen molar-refractivity contribution in [1.29, 1.82) is 0 Å². The Balaban J connectivity index is 1.78.